The summed E-state index contributed by atoms with van der Waals surface area (Å²) in [5, 5.41) is 6.37. The maximum atomic E-state index is 13.1. The minimum atomic E-state index is -4.45. The van der Waals surface area contributed by atoms with Crippen LogP contribution in [-0.2, 0) is 20.5 Å². The second kappa shape index (κ2) is 11.1. The Balaban J connectivity index is 1.17. The minimum absolute atomic E-state index is 0.414. The van der Waals surface area contributed by atoms with Crippen LogP contribution in [0.4, 0.5) is 19.0 Å². The Kier molecular flexibility index (Phi) is 7.60. The summed E-state index contributed by atoms with van der Waals surface area (Å²) in [4.78, 5) is 31.5. The highest BCUT2D eigenvalue weighted by molar-refractivity contribution is 6.30. The number of rotatable bonds is 6. The lowest BCUT2D eigenvalue weighted by atomic mass is 9.97. The number of hydrazone groups is 1. The predicted octanol–water partition coefficient (Wildman–Crippen LogP) is 5.48. The summed E-state index contributed by atoms with van der Waals surface area (Å²) in [7, 11) is 0. The molecular weight excluding hydrogens is 537 g/mol. The fourth-order valence-electron chi connectivity index (χ4n) is 4.66. The van der Waals surface area contributed by atoms with Crippen molar-refractivity contribution in [3.8, 4) is 0 Å². The number of hydrogen-bond acceptors (Lipinski definition) is 7. The van der Waals surface area contributed by atoms with Gasteiger partial charge in [0.1, 0.15) is 17.6 Å². The van der Waals surface area contributed by atoms with Crippen molar-refractivity contribution in [3.05, 3.63) is 82.9 Å². The van der Waals surface area contributed by atoms with Crippen molar-refractivity contribution in [2.24, 2.45) is 11.0 Å². The zero-order valence-corrected chi connectivity index (χ0v) is 21.4. The molecule has 1 saturated heterocycles. The van der Waals surface area contributed by atoms with Gasteiger partial charge < -0.3 is 14.1 Å². The molecule has 0 aliphatic carbocycles. The van der Waals surface area contributed by atoms with E-state index in [4.69, 9.17) is 20.8 Å². The number of carbonyl (C=O) groups excluding carboxylic acids is 2. The van der Waals surface area contributed by atoms with Gasteiger partial charge in [-0.1, -0.05) is 23.7 Å². The SMILES string of the molecule is O=C(OCC(=O)N1N=C(c2ccc(Cl)cc2)CC1c1ccco1)C1CCN(c2ccc(C(F)(F)F)cn2)CC1. The molecule has 1 aromatic carbocycles. The monoisotopic (exact) mass is 560 g/mol. The fraction of sp³-hybridized carbons (Fsp3) is 0.333. The van der Waals surface area contributed by atoms with Gasteiger partial charge in [-0.25, -0.2) is 9.99 Å². The summed E-state index contributed by atoms with van der Waals surface area (Å²) in [6.45, 7) is 0.370. The van der Waals surface area contributed by atoms with Gasteiger partial charge in [0.15, 0.2) is 6.61 Å². The largest absolute Gasteiger partial charge is 0.467 e. The van der Waals surface area contributed by atoms with E-state index in [2.05, 4.69) is 10.1 Å². The van der Waals surface area contributed by atoms with Gasteiger partial charge in [0.2, 0.25) is 0 Å². The Bertz CT molecular complexity index is 1340. The quantitative estimate of drug-likeness (QED) is 0.371. The molecule has 0 N–H and O–H groups in total. The lowest BCUT2D eigenvalue weighted by Gasteiger charge is -2.31. The van der Waals surface area contributed by atoms with Crippen LogP contribution in [0.3, 0.4) is 0 Å². The lowest BCUT2D eigenvalue weighted by molar-refractivity contribution is -0.156. The number of anilines is 1. The number of nitrogens with zero attached hydrogens (tertiary/aromatic N) is 4. The molecule has 1 amide bonds. The summed E-state index contributed by atoms with van der Waals surface area (Å²) in [5.74, 6) is -0.445. The second-order valence-electron chi connectivity index (χ2n) is 9.30. The van der Waals surface area contributed by atoms with Gasteiger partial charge in [0.05, 0.1) is 23.5 Å². The van der Waals surface area contributed by atoms with E-state index in [9.17, 15) is 22.8 Å². The van der Waals surface area contributed by atoms with E-state index in [1.54, 1.807) is 24.3 Å². The van der Waals surface area contributed by atoms with Crippen LogP contribution in [0.5, 0.6) is 0 Å². The highest BCUT2D eigenvalue weighted by atomic mass is 35.5. The number of amides is 1. The smallest absolute Gasteiger partial charge is 0.417 e. The van der Waals surface area contributed by atoms with Crippen LogP contribution in [0.15, 0.2) is 70.5 Å². The molecule has 1 atom stereocenters. The molecule has 0 saturated carbocycles. The summed E-state index contributed by atoms with van der Waals surface area (Å²) in [6.07, 6.45) is -0.858. The first-order chi connectivity index (χ1) is 18.7. The molecule has 8 nitrogen and oxygen atoms in total. The molecule has 5 rings (SSSR count). The number of piperidine rings is 1. The van der Waals surface area contributed by atoms with E-state index < -0.39 is 42.2 Å². The summed E-state index contributed by atoms with van der Waals surface area (Å²) < 4.78 is 49.3. The predicted molar refractivity (Wildman–Crippen MR) is 136 cm³/mol. The van der Waals surface area contributed by atoms with Gasteiger partial charge in [0, 0.05) is 30.7 Å². The van der Waals surface area contributed by atoms with E-state index in [1.165, 1.54) is 17.3 Å². The molecule has 0 radical (unpaired) electrons. The number of ether oxygens (including phenoxy) is 1. The maximum Gasteiger partial charge on any atom is 0.417 e. The Labute approximate surface area is 227 Å². The first kappa shape index (κ1) is 26.7. The van der Waals surface area contributed by atoms with Gasteiger partial charge in [0.25, 0.3) is 5.91 Å². The van der Waals surface area contributed by atoms with E-state index in [0.717, 1.165) is 17.8 Å². The Morgan fingerprint density at radius 1 is 1.08 bits per heavy atom. The Hall–Kier alpha value is -3.86. The maximum absolute atomic E-state index is 13.1. The summed E-state index contributed by atoms with van der Waals surface area (Å²) in [5.41, 5.74) is 0.681. The van der Waals surface area contributed by atoms with E-state index in [0.29, 0.717) is 54.7 Å². The third kappa shape index (κ3) is 6.08. The standard InChI is InChI=1S/C27H24ClF3N4O4/c28-20-6-3-17(4-7-20)21-14-22(23-2-1-13-38-23)35(33-21)25(36)16-39-26(37)18-9-11-34(12-10-18)24-8-5-19(15-32-24)27(29,30)31/h1-8,13,15,18,22H,9-12,14,16H2. The number of esters is 1. The fourth-order valence-corrected chi connectivity index (χ4v) is 4.79. The number of carbonyl (C=O) groups is 2. The molecular formula is C27H24ClF3N4O4. The molecule has 2 aromatic heterocycles. The molecule has 2 aliphatic rings. The van der Waals surface area contributed by atoms with Crippen LogP contribution < -0.4 is 4.90 Å². The van der Waals surface area contributed by atoms with Crippen LogP contribution in [0.2, 0.25) is 5.02 Å². The van der Waals surface area contributed by atoms with Crippen LogP contribution in [-0.4, -0.2) is 47.3 Å². The average molecular weight is 561 g/mol. The first-order valence-electron chi connectivity index (χ1n) is 12.3. The summed E-state index contributed by atoms with van der Waals surface area (Å²) in [6, 6.07) is 12.5. The number of alkyl halides is 3. The van der Waals surface area contributed by atoms with E-state index >= 15 is 0 Å². The number of halogens is 4. The molecule has 39 heavy (non-hydrogen) atoms. The van der Waals surface area contributed by atoms with Gasteiger partial charge in [-0.2, -0.15) is 18.3 Å². The van der Waals surface area contributed by atoms with Crippen LogP contribution in [0, 0.1) is 5.92 Å². The van der Waals surface area contributed by atoms with Crippen molar-refractivity contribution in [2.75, 3.05) is 24.6 Å². The third-order valence-corrected chi connectivity index (χ3v) is 7.03. The molecule has 1 fully saturated rings. The lowest BCUT2D eigenvalue weighted by Crippen LogP contribution is -2.38. The molecule has 3 aromatic rings. The second-order valence-corrected chi connectivity index (χ2v) is 9.74. The Morgan fingerprint density at radius 3 is 2.44 bits per heavy atom. The van der Waals surface area contributed by atoms with Crippen LogP contribution in [0.25, 0.3) is 0 Å². The van der Waals surface area contributed by atoms with Gasteiger partial charge in [-0.05, 0) is 54.8 Å². The van der Waals surface area contributed by atoms with Crippen LogP contribution in [0.1, 0.15) is 42.2 Å². The highest BCUT2D eigenvalue weighted by Crippen LogP contribution is 2.34. The van der Waals surface area contributed by atoms with Crippen molar-refractivity contribution in [1.29, 1.82) is 0 Å². The van der Waals surface area contributed by atoms with Crippen molar-refractivity contribution in [2.45, 2.75) is 31.5 Å². The molecule has 12 heteroatoms. The zero-order chi connectivity index (χ0) is 27.6. The molecule has 0 spiro atoms. The molecule has 2 aliphatic heterocycles. The number of benzene rings is 1. The van der Waals surface area contributed by atoms with Crippen molar-refractivity contribution >= 4 is 35.0 Å². The minimum Gasteiger partial charge on any atom is -0.467 e. The van der Waals surface area contributed by atoms with E-state index in [1.807, 2.05) is 17.0 Å². The number of pyridine rings is 1. The van der Waals surface area contributed by atoms with Gasteiger partial charge in [-0.15, -0.1) is 0 Å². The average Bonchev–Trinajstić information content (AvgIpc) is 3.62. The van der Waals surface area contributed by atoms with Crippen molar-refractivity contribution in [1.82, 2.24) is 9.99 Å². The van der Waals surface area contributed by atoms with Crippen LogP contribution >= 0.6 is 11.6 Å². The summed E-state index contributed by atoms with van der Waals surface area (Å²) >= 11 is 5.99. The number of furan rings is 1. The zero-order valence-electron chi connectivity index (χ0n) is 20.6. The first-order valence-corrected chi connectivity index (χ1v) is 12.7. The topological polar surface area (TPSA) is 88.2 Å². The molecule has 0 bridgehead atoms. The van der Waals surface area contributed by atoms with Crippen molar-refractivity contribution in [3.63, 3.8) is 0 Å². The van der Waals surface area contributed by atoms with E-state index in [-0.39, 0.29) is 0 Å². The number of hydrogen-bond donors (Lipinski definition) is 0. The Morgan fingerprint density at radius 2 is 1.82 bits per heavy atom. The molecule has 1 unspecified atom stereocenters. The third-order valence-electron chi connectivity index (χ3n) is 6.78. The highest BCUT2D eigenvalue weighted by Gasteiger charge is 2.36. The normalized spacial score (nSPS) is 18.3. The molecule has 4 heterocycles. The van der Waals surface area contributed by atoms with Crippen molar-refractivity contribution < 1.29 is 31.9 Å². The van der Waals surface area contributed by atoms with Gasteiger partial charge in [-0.3, -0.25) is 9.59 Å². The number of aromatic nitrogens is 1. The molecule has 204 valence electrons. The van der Waals surface area contributed by atoms with Gasteiger partial charge >= 0.3 is 12.1 Å².